The lowest BCUT2D eigenvalue weighted by molar-refractivity contribution is 1.30. The smallest absolute Gasteiger partial charge is 0.0528 e. The Bertz CT molecular complexity index is 884. The molecule has 3 rings (SSSR count). The van der Waals surface area contributed by atoms with Crippen LogP contribution < -0.4 is 4.90 Å². The van der Waals surface area contributed by atoms with Gasteiger partial charge in [0, 0.05) is 28.0 Å². The average Bonchev–Trinajstić information content (AvgIpc) is 2.64. The number of anilines is 1. The number of hydrogen-bond acceptors (Lipinski definition) is 1. The van der Waals surface area contributed by atoms with Crippen molar-refractivity contribution in [3.8, 4) is 11.1 Å². The predicted octanol–water partition coefficient (Wildman–Crippen LogP) is 7.28. The van der Waals surface area contributed by atoms with E-state index in [-0.39, 0.29) is 0 Å². The molecule has 0 aliphatic carbocycles. The number of rotatable bonds is 5. The average molecular weight is 366 g/mol. The molecule has 3 aromatic carbocycles. The van der Waals surface area contributed by atoms with Crippen molar-refractivity contribution >= 4 is 35.0 Å². The molecule has 0 radical (unpaired) electrons. The van der Waals surface area contributed by atoms with Gasteiger partial charge in [0.15, 0.2) is 0 Å². The van der Waals surface area contributed by atoms with E-state index in [4.69, 9.17) is 23.2 Å². The highest BCUT2D eigenvalue weighted by Crippen LogP contribution is 2.34. The minimum Gasteiger partial charge on any atom is -0.324 e. The van der Waals surface area contributed by atoms with Crippen molar-refractivity contribution in [3.05, 3.63) is 107 Å². The van der Waals surface area contributed by atoms with Crippen molar-refractivity contribution in [2.45, 2.75) is 0 Å². The molecular formula is C22H17Cl2N. The highest BCUT2D eigenvalue weighted by atomic mass is 35.5. The first-order chi connectivity index (χ1) is 12.2. The quantitative estimate of drug-likeness (QED) is 0.458. The van der Waals surface area contributed by atoms with Gasteiger partial charge in [0.1, 0.15) is 0 Å². The van der Waals surface area contributed by atoms with E-state index >= 15 is 0 Å². The number of benzene rings is 3. The van der Waals surface area contributed by atoms with E-state index in [1.807, 2.05) is 77.8 Å². The maximum Gasteiger partial charge on any atom is 0.0528 e. The Morgan fingerprint density at radius 2 is 1.48 bits per heavy atom. The van der Waals surface area contributed by atoms with Crippen LogP contribution in [0.5, 0.6) is 0 Å². The van der Waals surface area contributed by atoms with E-state index in [1.54, 1.807) is 6.20 Å². The SMILES string of the molecule is C=CN(C=Cc1ccccc1)c1ccc(Cl)cc1-c1ccc(Cl)cc1. The maximum absolute atomic E-state index is 6.23. The van der Waals surface area contributed by atoms with Crippen LogP contribution >= 0.6 is 23.2 Å². The van der Waals surface area contributed by atoms with Gasteiger partial charge in [0.05, 0.1) is 5.69 Å². The monoisotopic (exact) mass is 365 g/mol. The third-order valence-electron chi connectivity index (χ3n) is 3.82. The molecule has 0 atom stereocenters. The van der Waals surface area contributed by atoms with Gasteiger partial charge in [-0.1, -0.05) is 72.2 Å². The first kappa shape index (κ1) is 17.3. The summed E-state index contributed by atoms with van der Waals surface area (Å²) in [6.07, 6.45) is 5.81. The summed E-state index contributed by atoms with van der Waals surface area (Å²) in [7, 11) is 0. The Kier molecular flexibility index (Phi) is 5.60. The Morgan fingerprint density at radius 3 is 2.16 bits per heavy atom. The molecule has 0 saturated carbocycles. The molecule has 3 heteroatoms. The predicted molar refractivity (Wildman–Crippen MR) is 110 cm³/mol. The Morgan fingerprint density at radius 1 is 0.800 bits per heavy atom. The van der Waals surface area contributed by atoms with Gasteiger partial charge in [-0.25, -0.2) is 0 Å². The Balaban J connectivity index is 2.01. The summed E-state index contributed by atoms with van der Waals surface area (Å²) in [4.78, 5) is 1.98. The van der Waals surface area contributed by atoms with Crippen molar-refractivity contribution in [1.82, 2.24) is 0 Å². The lowest BCUT2D eigenvalue weighted by Gasteiger charge is -2.20. The van der Waals surface area contributed by atoms with Gasteiger partial charge >= 0.3 is 0 Å². The first-order valence-electron chi connectivity index (χ1n) is 7.87. The van der Waals surface area contributed by atoms with Gasteiger partial charge in [-0.05, 0) is 47.5 Å². The molecule has 0 heterocycles. The fourth-order valence-corrected chi connectivity index (χ4v) is 2.86. The van der Waals surface area contributed by atoms with E-state index in [0.29, 0.717) is 10.0 Å². The molecule has 124 valence electrons. The summed E-state index contributed by atoms with van der Waals surface area (Å²) in [6.45, 7) is 3.94. The van der Waals surface area contributed by atoms with Crippen LogP contribution in [0.3, 0.4) is 0 Å². The topological polar surface area (TPSA) is 3.24 Å². The van der Waals surface area contributed by atoms with Crippen molar-refractivity contribution in [3.63, 3.8) is 0 Å². The van der Waals surface area contributed by atoms with E-state index in [0.717, 1.165) is 22.4 Å². The fraction of sp³-hybridized carbons (Fsp3) is 0. The molecule has 1 nitrogen and oxygen atoms in total. The largest absolute Gasteiger partial charge is 0.324 e. The van der Waals surface area contributed by atoms with Gasteiger partial charge in [0.2, 0.25) is 0 Å². The van der Waals surface area contributed by atoms with Gasteiger partial charge in [-0.2, -0.15) is 0 Å². The zero-order valence-electron chi connectivity index (χ0n) is 13.6. The van der Waals surface area contributed by atoms with E-state index in [2.05, 4.69) is 18.7 Å². The molecule has 0 saturated heterocycles. The molecule has 0 spiro atoms. The van der Waals surface area contributed by atoms with Crippen molar-refractivity contribution < 1.29 is 0 Å². The van der Waals surface area contributed by atoms with Crippen LogP contribution in [0.25, 0.3) is 17.2 Å². The highest BCUT2D eigenvalue weighted by Gasteiger charge is 2.10. The zero-order valence-corrected chi connectivity index (χ0v) is 15.1. The van der Waals surface area contributed by atoms with Crippen molar-refractivity contribution in [2.24, 2.45) is 0 Å². The molecule has 3 aromatic rings. The normalized spacial score (nSPS) is 10.8. The fourth-order valence-electron chi connectivity index (χ4n) is 2.56. The number of halogens is 2. The third-order valence-corrected chi connectivity index (χ3v) is 4.30. The van der Waals surface area contributed by atoms with Gasteiger partial charge in [-0.15, -0.1) is 0 Å². The van der Waals surface area contributed by atoms with Crippen LogP contribution in [0.15, 0.2) is 91.8 Å². The van der Waals surface area contributed by atoms with Crippen LogP contribution in [0.4, 0.5) is 5.69 Å². The molecule has 0 aliphatic rings. The molecule has 0 amide bonds. The van der Waals surface area contributed by atoms with Crippen LogP contribution in [-0.2, 0) is 0 Å². The van der Waals surface area contributed by atoms with Gasteiger partial charge in [-0.3, -0.25) is 0 Å². The maximum atomic E-state index is 6.23. The van der Waals surface area contributed by atoms with Crippen LogP contribution in [0.1, 0.15) is 5.56 Å². The summed E-state index contributed by atoms with van der Waals surface area (Å²) in [5.74, 6) is 0. The molecule has 0 aromatic heterocycles. The van der Waals surface area contributed by atoms with Crippen LogP contribution in [0, 0.1) is 0 Å². The summed E-state index contributed by atoms with van der Waals surface area (Å²) in [5.41, 5.74) is 4.17. The molecule has 0 bridgehead atoms. The molecule has 0 fully saturated rings. The summed E-state index contributed by atoms with van der Waals surface area (Å²) in [6, 6.07) is 23.7. The van der Waals surface area contributed by atoms with Crippen LogP contribution in [0.2, 0.25) is 10.0 Å². The molecule has 0 N–H and O–H groups in total. The highest BCUT2D eigenvalue weighted by molar-refractivity contribution is 6.31. The minimum absolute atomic E-state index is 0.685. The molecular weight excluding hydrogens is 349 g/mol. The van der Waals surface area contributed by atoms with E-state index < -0.39 is 0 Å². The van der Waals surface area contributed by atoms with E-state index in [9.17, 15) is 0 Å². The standard InChI is InChI=1S/C22H17Cl2N/c1-2-25(15-14-17-6-4-3-5-7-17)22-13-12-20(24)16-21(22)18-8-10-19(23)11-9-18/h2-16H,1H2. The summed E-state index contributed by atoms with van der Waals surface area (Å²) in [5, 5.41) is 1.39. The molecule has 0 unspecified atom stereocenters. The number of nitrogens with zero attached hydrogens (tertiary/aromatic N) is 1. The second kappa shape index (κ2) is 8.06. The second-order valence-corrected chi connectivity index (χ2v) is 6.36. The van der Waals surface area contributed by atoms with Crippen molar-refractivity contribution in [1.29, 1.82) is 0 Å². The van der Waals surface area contributed by atoms with Crippen LogP contribution in [-0.4, -0.2) is 0 Å². The minimum atomic E-state index is 0.685. The zero-order chi connectivity index (χ0) is 17.6. The molecule has 25 heavy (non-hydrogen) atoms. The lowest BCUT2D eigenvalue weighted by atomic mass is 10.0. The third kappa shape index (κ3) is 4.33. The van der Waals surface area contributed by atoms with E-state index in [1.165, 1.54) is 0 Å². The molecule has 0 aliphatic heterocycles. The van der Waals surface area contributed by atoms with Crippen molar-refractivity contribution in [2.75, 3.05) is 4.90 Å². The lowest BCUT2D eigenvalue weighted by Crippen LogP contribution is -2.07. The first-order valence-corrected chi connectivity index (χ1v) is 8.62. The Labute approximate surface area is 158 Å². The summed E-state index contributed by atoms with van der Waals surface area (Å²) >= 11 is 12.2. The Hall–Kier alpha value is -2.48. The number of hydrogen-bond donors (Lipinski definition) is 0. The van der Waals surface area contributed by atoms with Gasteiger partial charge < -0.3 is 4.90 Å². The summed E-state index contributed by atoms with van der Waals surface area (Å²) < 4.78 is 0. The van der Waals surface area contributed by atoms with Gasteiger partial charge in [0.25, 0.3) is 0 Å². The second-order valence-electron chi connectivity index (χ2n) is 5.48.